The van der Waals surface area contributed by atoms with Gasteiger partial charge in [0.1, 0.15) is 5.60 Å². The van der Waals surface area contributed by atoms with Crippen molar-refractivity contribution < 1.29 is 9.53 Å². The van der Waals surface area contributed by atoms with Crippen molar-refractivity contribution in [3.63, 3.8) is 0 Å². The van der Waals surface area contributed by atoms with Crippen molar-refractivity contribution in [3.8, 4) is 0 Å². The van der Waals surface area contributed by atoms with E-state index >= 15 is 0 Å². The van der Waals surface area contributed by atoms with Gasteiger partial charge >= 0.3 is 5.97 Å². The standard InChI is InChI=1S/C12H25NO2/c1-9(2)7-12(6,13)8-10(14)15-11(3,4)5/h9H,7-8,13H2,1-6H3. The second-order valence-corrected chi connectivity index (χ2v) is 6.02. The van der Waals surface area contributed by atoms with Crippen molar-refractivity contribution in [2.75, 3.05) is 0 Å². The second kappa shape index (κ2) is 4.97. The van der Waals surface area contributed by atoms with E-state index in [4.69, 9.17) is 10.5 Å². The van der Waals surface area contributed by atoms with Gasteiger partial charge < -0.3 is 10.5 Å². The van der Waals surface area contributed by atoms with Crippen LogP contribution in [0.25, 0.3) is 0 Å². The Morgan fingerprint density at radius 2 is 1.73 bits per heavy atom. The first-order valence-electron chi connectivity index (χ1n) is 5.52. The molecular weight excluding hydrogens is 190 g/mol. The van der Waals surface area contributed by atoms with Crippen LogP contribution in [-0.4, -0.2) is 17.1 Å². The van der Waals surface area contributed by atoms with Gasteiger partial charge in [0.05, 0.1) is 6.42 Å². The van der Waals surface area contributed by atoms with E-state index in [9.17, 15) is 4.79 Å². The van der Waals surface area contributed by atoms with E-state index in [-0.39, 0.29) is 12.4 Å². The van der Waals surface area contributed by atoms with Crippen LogP contribution in [0.2, 0.25) is 0 Å². The predicted octanol–water partition coefficient (Wildman–Crippen LogP) is 2.48. The molecule has 0 saturated carbocycles. The highest BCUT2D eigenvalue weighted by Gasteiger charge is 2.26. The number of esters is 1. The van der Waals surface area contributed by atoms with Gasteiger partial charge in [0.25, 0.3) is 0 Å². The lowest BCUT2D eigenvalue weighted by molar-refractivity contribution is -0.156. The Hall–Kier alpha value is -0.570. The average Bonchev–Trinajstić information content (AvgIpc) is 1.73. The van der Waals surface area contributed by atoms with E-state index in [1.54, 1.807) is 0 Å². The minimum absolute atomic E-state index is 0.215. The first kappa shape index (κ1) is 14.4. The first-order valence-corrected chi connectivity index (χ1v) is 5.52. The summed E-state index contributed by atoms with van der Waals surface area (Å²) >= 11 is 0. The van der Waals surface area contributed by atoms with Crippen molar-refractivity contribution >= 4 is 5.97 Å². The second-order valence-electron chi connectivity index (χ2n) is 6.02. The van der Waals surface area contributed by atoms with Gasteiger partial charge in [-0.25, -0.2) is 0 Å². The quantitative estimate of drug-likeness (QED) is 0.733. The molecule has 1 atom stereocenters. The molecule has 15 heavy (non-hydrogen) atoms. The average molecular weight is 215 g/mol. The molecule has 0 heterocycles. The normalized spacial score (nSPS) is 16.3. The number of hydrogen-bond donors (Lipinski definition) is 1. The number of carbonyl (C=O) groups is 1. The first-order chi connectivity index (χ1) is 6.52. The van der Waals surface area contributed by atoms with Gasteiger partial charge in [0.2, 0.25) is 0 Å². The number of hydrogen-bond acceptors (Lipinski definition) is 3. The minimum Gasteiger partial charge on any atom is -0.460 e. The Balaban J connectivity index is 4.16. The SMILES string of the molecule is CC(C)CC(C)(N)CC(=O)OC(C)(C)C. The zero-order valence-corrected chi connectivity index (χ0v) is 10.9. The monoisotopic (exact) mass is 215 g/mol. The molecule has 0 radical (unpaired) electrons. The summed E-state index contributed by atoms with van der Waals surface area (Å²) in [5.74, 6) is 0.274. The third-order valence-electron chi connectivity index (χ3n) is 1.84. The van der Waals surface area contributed by atoms with Crippen LogP contribution < -0.4 is 5.73 Å². The molecule has 90 valence electrons. The molecule has 0 rings (SSSR count). The number of carbonyl (C=O) groups excluding carboxylic acids is 1. The van der Waals surface area contributed by atoms with Crippen LogP contribution in [0.15, 0.2) is 0 Å². The summed E-state index contributed by atoms with van der Waals surface area (Å²) in [5, 5.41) is 0. The smallest absolute Gasteiger partial charge is 0.308 e. The predicted molar refractivity (Wildman–Crippen MR) is 62.5 cm³/mol. The van der Waals surface area contributed by atoms with Gasteiger partial charge in [0.15, 0.2) is 0 Å². The fourth-order valence-corrected chi connectivity index (χ4v) is 1.71. The fourth-order valence-electron chi connectivity index (χ4n) is 1.71. The Labute approximate surface area is 93.4 Å². The van der Waals surface area contributed by atoms with E-state index in [1.165, 1.54) is 0 Å². The summed E-state index contributed by atoms with van der Waals surface area (Å²) in [6, 6.07) is 0. The lowest BCUT2D eigenvalue weighted by atomic mass is 9.89. The highest BCUT2D eigenvalue weighted by atomic mass is 16.6. The van der Waals surface area contributed by atoms with Gasteiger partial charge in [-0.1, -0.05) is 13.8 Å². The zero-order chi connectivity index (χ0) is 12.3. The molecule has 0 aliphatic carbocycles. The molecule has 0 aliphatic heterocycles. The van der Waals surface area contributed by atoms with Crippen LogP contribution in [0.5, 0.6) is 0 Å². The molecule has 1 unspecified atom stereocenters. The molecular formula is C12H25NO2. The number of nitrogens with two attached hydrogens (primary N) is 1. The van der Waals surface area contributed by atoms with E-state index in [0.29, 0.717) is 5.92 Å². The Bertz CT molecular complexity index is 214. The maximum absolute atomic E-state index is 11.6. The summed E-state index contributed by atoms with van der Waals surface area (Å²) in [6.07, 6.45) is 1.11. The zero-order valence-electron chi connectivity index (χ0n) is 10.9. The summed E-state index contributed by atoms with van der Waals surface area (Å²) in [4.78, 5) is 11.6. The maximum atomic E-state index is 11.6. The van der Waals surface area contributed by atoms with E-state index in [1.807, 2.05) is 27.7 Å². The Morgan fingerprint density at radius 1 is 1.27 bits per heavy atom. The van der Waals surface area contributed by atoms with Gasteiger partial charge in [-0.3, -0.25) is 4.79 Å². The number of ether oxygens (including phenoxy) is 1. The molecule has 0 aromatic carbocycles. The lowest BCUT2D eigenvalue weighted by Crippen LogP contribution is -2.41. The largest absolute Gasteiger partial charge is 0.460 e. The van der Waals surface area contributed by atoms with Crippen molar-refractivity contribution in [1.82, 2.24) is 0 Å². The Morgan fingerprint density at radius 3 is 2.07 bits per heavy atom. The molecule has 0 bridgehead atoms. The molecule has 2 N–H and O–H groups in total. The molecule has 3 nitrogen and oxygen atoms in total. The van der Waals surface area contributed by atoms with Crippen LogP contribution >= 0.6 is 0 Å². The van der Waals surface area contributed by atoms with Crippen LogP contribution in [0.3, 0.4) is 0 Å². The molecule has 0 spiro atoms. The van der Waals surface area contributed by atoms with Crippen LogP contribution in [0.1, 0.15) is 54.4 Å². The third-order valence-corrected chi connectivity index (χ3v) is 1.84. The highest BCUT2D eigenvalue weighted by molar-refractivity contribution is 5.71. The van der Waals surface area contributed by atoms with E-state index in [2.05, 4.69) is 13.8 Å². The van der Waals surface area contributed by atoms with Gasteiger partial charge in [-0.2, -0.15) is 0 Å². The molecule has 0 saturated heterocycles. The summed E-state index contributed by atoms with van der Waals surface area (Å²) < 4.78 is 5.24. The third kappa shape index (κ3) is 8.43. The highest BCUT2D eigenvalue weighted by Crippen LogP contribution is 2.19. The summed E-state index contributed by atoms with van der Waals surface area (Å²) in [5.41, 5.74) is 5.15. The molecule has 0 aromatic rings. The number of rotatable bonds is 4. The molecule has 0 amide bonds. The van der Waals surface area contributed by atoms with Crippen LogP contribution in [0.4, 0.5) is 0 Å². The topological polar surface area (TPSA) is 52.3 Å². The molecule has 0 fully saturated rings. The van der Waals surface area contributed by atoms with Crippen LogP contribution in [-0.2, 0) is 9.53 Å². The summed E-state index contributed by atoms with van der Waals surface area (Å²) in [7, 11) is 0. The van der Waals surface area contributed by atoms with Gasteiger partial charge in [-0.15, -0.1) is 0 Å². The lowest BCUT2D eigenvalue weighted by Gasteiger charge is -2.28. The minimum atomic E-state index is -0.462. The van der Waals surface area contributed by atoms with Crippen molar-refractivity contribution in [2.24, 2.45) is 11.7 Å². The van der Waals surface area contributed by atoms with E-state index in [0.717, 1.165) is 6.42 Å². The van der Waals surface area contributed by atoms with Crippen molar-refractivity contribution in [1.29, 1.82) is 0 Å². The summed E-state index contributed by atoms with van der Waals surface area (Å²) in [6.45, 7) is 11.7. The molecule has 0 aliphatic rings. The van der Waals surface area contributed by atoms with E-state index < -0.39 is 11.1 Å². The molecule has 3 heteroatoms. The van der Waals surface area contributed by atoms with Crippen LogP contribution in [0, 0.1) is 5.92 Å². The fraction of sp³-hybridized carbons (Fsp3) is 0.917. The van der Waals surface area contributed by atoms with Crippen molar-refractivity contribution in [2.45, 2.75) is 65.5 Å². The van der Waals surface area contributed by atoms with Crippen molar-refractivity contribution in [3.05, 3.63) is 0 Å². The molecule has 0 aromatic heterocycles. The Kier molecular flexibility index (Phi) is 4.78. The van der Waals surface area contributed by atoms with Gasteiger partial charge in [0, 0.05) is 5.54 Å². The maximum Gasteiger partial charge on any atom is 0.308 e. The van der Waals surface area contributed by atoms with Gasteiger partial charge in [-0.05, 0) is 40.0 Å².